The summed E-state index contributed by atoms with van der Waals surface area (Å²) < 4.78 is 14.5. The minimum Gasteiger partial charge on any atom is -0.481 e. The largest absolute Gasteiger partial charge is 0.481 e. The van der Waals surface area contributed by atoms with Crippen molar-refractivity contribution in [2.75, 3.05) is 13.1 Å². The fourth-order valence-corrected chi connectivity index (χ4v) is 3.15. The van der Waals surface area contributed by atoms with Gasteiger partial charge in [0.2, 0.25) is 0 Å². The topological polar surface area (TPSA) is 69.6 Å². The molecule has 5 nitrogen and oxygen atoms in total. The number of halogens is 2. The van der Waals surface area contributed by atoms with Crippen molar-refractivity contribution in [1.82, 2.24) is 10.2 Å². The van der Waals surface area contributed by atoms with E-state index in [2.05, 4.69) is 21.2 Å². The SMILES string of the molecule is CC(Cc1cc(Br)ccc1F)NC(=O)N1CCCC(C(=O)O)C1. The molecule has 0 aromatic heterocycles. The molecule has 0 aliphatic carbocycles. The molecule has 0 bridgehead atoms. The molecule has 2 rings (SSSR count). The van der Waals surface area contributed by atoms with Gasteiger partial charge in [-0.15, -0.1) is 0 Å². The fraction of sp³-hybridized carbons (Fsp3) is 0.500. The summed E-state index contributed by atoms with van der Waals surface area (Å²) in [7, 11) is 0. The minimum absolute atomic E-state index is 0.221. The minimum atomic E-state index is -0.869. The quantitative estimate of drug-likeness (QED) is 0.835. The van der Waals surface area contributed by atoms with Gasteiger partial charge < -0.3 is 15.3 Å². The highest BCUT2D eigenvalue weighted by molar-refractivity contribution is 9.10. The Morgan fingerprint density at radius 1 is 1.52 bits per heavy atom. The lowest BCUT2D eigenvalue weighted by molar-refractivity contribution is -0.143. The second kappa shape index (κ2) is 7.77. The molecule has 0 saturated carbocycles. The number of carboxylic acid groups (broad SMARTS) is 1. The van der Waals surface area contributed by atoms with Crippen molar-refractivity contribution < 1.29 is 19.1 Å². The van der Waals surface area contributed by atoms with Crippen LogP contribution >= 0.6 is 15.9 Å². The summed E-state index contributed by atoms with van der Waals surface area (Å²) in [6, 6.07) is 4.16. The zero-order valence-corrected chi connectivity index (χ0v) is 14.5. The number of aliphatic carboxylic acids is 1. The maximum Gasteiger partial charge on any atom is 0.317 e. The number of carbonyl (C=O) groups is 2. The number of carbonyl (C=O) groups excluding carboxylic acids is 1. The van der Waals surface area contributed by atoms with Gasteiger partial charge in [-0.25, -0.2) is 9.18 Å². The highest BCUT2D eigenvalue weighted by atomic mass is 79.9. The van der Waals surface area contributed by atoms with Crippen molar-refractivity contribution >= 4 is 27.9 Å². The lowest BCUT2D eigenvalue weighted by Gasteiger charge is -2.31. The van der Waals surface area contributed by atoms with E-state index in [1.165, 1.54) is 11.0 Å². The summed E-state index contributed by atoms with van der Waals surface area (Å²) in [4.78, 5) is 24.8. The van der Waals surface area contributed by atoms with Crippen molar-refractivity contribution in [3.8, 4) is 0 Å². The molecule has 2 N–H and O–H groups in total. The van der Waals surface area contributed by atoms with E-state index in [1.807, 2.05) is 0 Å². The van der Waals surface area contributed by atoms with Crippen LogP contribution in [0.15, 0.2) is 22.7 Å². The number of nitrogens with one attached hydrogen (secondary N) is 1. The number of rotatable bonds is 4. The van der Waals surface area contributed by atoms with Gasteiger partial charge in [-0.1, -0.05) is 15.9 Å². The van der Waals surface area contributed by atoms with E-state index < -0.39 is 11.9 Å². The third kappa shape index (κ3) is 4.92. The van der Waals surface area contributed by atoms with Crippen LogP contribution < -0.4 is 5.32 Å². The first-order valence-electron chi connectivity index (χ1n) is 7.59. The molecule has 0 radical (unpaired) electrons. The number of likely N-dealkylation sites (tertiary alicyclic amines) is 1. The molecule has 2 unspecified atom stereocenters. The van der Waals surface area contributed by atoms with E-state index in [1.54, 1.807) is 19.1 Å². The number of urea groups is 1. The normalized spacial score (nSPS) is 19.3. The molecule has 1 aliphatic rings. The summed E-state index contributed by atoms with van der Waals surface area (Å²) in [5.41, 5.74) is 0.522. The summed E-state index contributed by atoms with van der Waals surface area (Å²) in [5, 5.41) is 11.9. The summed E-state index contributed by atoms with van der Waals surface area (Å²) in [6.07, 6.45) is 1.64. The Hall–Kier alpha value is -1.63. The first-order valence-corrected chi connectivity index (χ1v) is 8.38. The molecule has 1 aliphatic heterocycles. The highest BCUT2D eigenvalue weighted by Gasteiger charge is 2.28. The Morgan fingerprint density at radius 3 is 2.96 bits per heavy atom. The van der Waals surface area contributed by atoms with Gasteiger partial charge in [0.05, 0.1) is 5.92 Å². The van der Waals surface area contributed by atoms with Crippen molar-refractivity contribution in [2.24, 2.45) is 5.92 Å². The van der Waals surface area contributed by atoms with Crippen LogP contribution in [-0.2, 0) is 11.2 Å². The number of nitrogens with zero attached hydrogens (tertiary/aromatic N) is 1. The molecule has 7 heteroatoms. The molecule has 2 atom stereocenters. The standard InChI is InChI=1S/C16H20BrFN2O3/c1-10(7-12-8-13(17)4-5-14(12)18)19-16(23)20-6-2-3-11(9-20)15(21)22/h4-5,8,10-11H,2-3,6-7,9H2,1H3,(H,19,23)(H,21,22). The molecule has 1 heterocycles. The van der Waals surface area contributed by atoms with Crippen LogP contribution in [0.3, 0.4) is 0 Å². The number of hydrogen-bond donors (Lipinski definition) is 2. The van der Waals surface area contributed by atoms with Crippen LogP contribution in [0.4, 0.5) is 9.18 Å². The second-order valence-electron chi connectivity index (χ2n) is 5.91. The van der Waals surface area contributed by atoms with Crippen molar-refractivity contribution in [3.63, 3.8) is 0 Å². The summed E-state index contributed by atoms with van der Waals surface area (Å²) in [5.74, 6) is -1.68. The predicted octanol–water partition coefficient (Wildman–Crippen LogP) is 3.03. The second-order valence-corrected chi connectivity index (χ2v) is 6.83. The van der Waals surface area contributed by atoms with Crippen molar-refractivity contribution in [2.45, 2.75) is 32.2 Å². The van der Waals surface area contributed by atoms with Gasteiger partial charge in [0.25, 0.3) is 0 Å². The molecule has 0 spiro atoms. The average Bonchev–Trinajstić information content (AvgIpc) is 2.51. The van der Waals surface area contributed by atoms with Gasteiger partial charge in [-0.3, -0.25) is 4.79 Å². The maximum atomic E-state index is 13.8. The van der Waals surface area contributed by atoms with E-state index in [-0.39, 0.29) is 24.4 Å². The van der Waals surface area contributed by atoms with Crippen LogP contribution in [0.5, 0.6) is 0 Å². The van der Waals surface area contributed by atoms with Gasteiger partial charge in [-0.05, 0) is 49.9 Å². The monoisotopic (exact) mass is 386 g/mol. The molecule has 1 aromatic rings. The van der Waals surface area contributed by atoms with Crippen LogP contribution in [0.25, 0.3) is 0 Å². The smallest absolute Gasteiger partial charge is 0.317 e. The maximum absolute atomic E-state index is 13.8. The third-order valence-corrected chi connectivity index (χ3v) is 4.45. The first-order chi connectivity index (χ1) is 10.9. The first kappa shape index (κ1) is 17.7. The number of carboxylic acids is 1. The zero-order valence-electron chi connectivity index (χ0n) is 12.9. The van der Waals surface area contributed by atoms with Gasteiger partial charge >= 0.3 is 12.0 Å². The van der Waals surface area contributed by atoms with Crippen LogP contribution in [0.2, 0.25) is 0 Å². The van der Waals surface area contributed by atoms with Crippen LogP contribution in [0.1, 0.15) is 25.3 Å². The van der Waals surface area contributed by atoms with E-state index in [0.717, 1.165) is 4.47 Å². The van der Waals surface area contributed by atoms with Crippen LogP contribution in [-0.4, -0.2) is 41.1 Å². The third-order valence-electron chi connectivity index (χ3n) is 3.96. The lowest BCUT2D eigenvalue weighted by atomic mass is 9.98. The van der Waals surface area contributed by atoms with Gasteiger partial charge in [0.15, 0.2) is 0 Å². The Kier molecular flexibility index (Phi) is 5.98. The number of hydrogen-bond acceptors (Lipinski definition) is 2. The summed E-state index contributed by atoms with van der Waals surface area (Å²) >= 11 is 3.30. The van der Waals surface area contributed by atoms with Gasteiger partial charge in [0.1, 0.15) is 5.82 Å². The van der Waals surface area contributed by atoms with Crippen molar-refractivity contribution in [1.29, 1.82) is 0 Å². The molecule has 1 aromatic carbocycles. The number of amides is 2. The fourth-order valence-electron chi connectivity index (χ4n) is 2.75. The summed E-state index contributed by atoms with van der Waals surface area (Å²) in [6.45, 7) is 2.57. The molecule has 1 saturated heterocycles. The Morgan fingerprint density at radius 2 is 2.26 bits per heavy atom. The van der Waals surface area contributed by atoms with Gasteiger partial charge in [-0.2, -0.15) is 0 Å². The van der Waals surface area contributed by atoms with Crippen LogP contribution in [0, 0.1) is 11.7 Å². The van der Waals surface area contributed by atoms with E-state index >= 15 is 0 Å². The van der Waals surface area contributed by atoms with Gasteiger partial charge in [0, 0.05) is 23.6 Å². The van der Waals surface area contributed by atoms with E-state index in [9.17, 15) is 14.0 Å². The molecule has 23 heavy (non-hydrogen) atoms. The molecule has 1 fully saturated rings. The Balaban J connectivity index is 1.91. The molecular weight excluding hydrogens is 367 g/mol. The molecule has 2 amide bonds. The average molecular weight is 387 g/mol. The Labute approximate surface area is 143 Å². The number of benzene rings is 1. The van der Waals surface area contributed by atoms with E-state index in [0.29, 0.717) is 31.4 Å². The van der Waals surface area contributed by atoms with Crippen molar-refractivity contribution in [3.05, 3.63) is 34.1 Å². The molecule has 126 valence electrons. The van der Waals surface area contributed by atoms with E-state index in [4.69, 9.17) is 5.11 Å². The number of piperidine rings is 1. The highest BCUT2D eigenvalue weighted by Crippen LogP contribution is 2.18. The Bertz CT molecular complexity index is 597. The molecular formula is C16H20BrFN2O3. The predicted molar refractivity (Wildman–Crippen MR) is 87.7 cm³/mol. The lowest BCUT2D eigenvalue weighted by Crippen LogP contribution is -2.49. The zero-order chi connectivity index (χ0) is 17.0.